The number of pyridine rings is 1. The highest BCUT2D eigenvalue weighted by atomic mass is 35.5. The predicted octanol–water partition coefficient (Wildman–Crippen LogP) is 6.78. The molecule has 3 aromatic carbocycles. The molecule has 1 unspecified atom stereocenters. The highest BCUT2D eigenvalue weighted by Crippen LogP contribution is 2.42. The summed E-state index contributed by atoms with van der Waals surface area (Å²) in [6, 6.07) is 23.0. The van der Waals surface area contributed by atoms with Crippen LogP contribution in [0.15, 0.2) is 77.8 Å². The Balaban J connectivity index is 1.78. The van der Waals surface area contributed by atoms with Gasteiger partial charge in [-0.25, -0.2) is 9.78 Å². The number of ether oxygens (including phenoxy) is 2. The molecule has 2 N–H and O–H groups in total. The second kappa shape index (κ2) is 12.6. The van der Waals surface area contributed by atoms with Gasteiger partial charge >= 0.3 is 5.97 Å². The van der Waals surface area contributed by atoms with E-state index in [1.54, 1.807) is 19.1 Å². The Bertz CT molecular complexity index is 1620. The summed E-state index contributed by atoms with van der Waals surface area (Å²) in [5.74, 6) is -0.618. The van der Waals surface area contributed by atoms with E-state index in [-0.39, 0.29) is 21.8 Å². The van der Waals surface area contributed by atoms with Gasteiger partial charge in [-0.2, -0.15) is 5.26 Å². The van der Waals surface area contributed by atoms with E-state index >= 15 is 0 Å². The van der Waals surface area contributed by atoms with Gasteiger partial charge in [-0.3, -0.25) is 4.79 Å². The molecule has 0 saturated heterocycles. The third-order valence-corrected chi connectivity index (χ3v) is 7.41. The number of benzene rings is 3. The maximum absolute atomic E-state index is 13.2. The molecule has 1 heterocycles. The number of amides is 1. The van der Waals surface area contributed by atoms with Crippen molar-refractivity contribution in [3.63, 3.8) is 0 Å². The number of hydrogen-bond acceptors (Lipinski definition) is 7. The molecule has 40 heavy (non-hydrogen) atoms. The number of aromatic nitrogens is 1. The average Bonchev–Trinajstić information content (AvgIpc) is 2.97. The lowest BCUT2D eigenvalue weighted by Gasteiger charge is -2.18. The zero-order valence-corrected chi connectivity index (χ0v) is 23.3. The number of para-hydroxylation sites is 1. The van der Waals surface area contributed by atoms with E-state index in [0.29, 0.717) is 33.3 Å². The van der Waals surface area contributed by atoms with Crippen LogP contribution in [-0.4, -0.2) is 41.4 Å². The lowest BCUT2D eigenvalue weighted by molar-refractivity contribution is -0.115. The number of thioether (sulfide) groups is 1. The van der Waals surface area contributed by atoms with Crippen molar-refractivity contribution in [2.24, 2.45) is 0 Å². The van der Waals surface area contributed by atoms with Crippen molar-refractivity contribution < 1.29 is 24.2 Å². The molecule has 10 heteroatoms. The van der Waals surface area contributed by atoms with Crippen molar-refractivity contribution >= 4 is 40.9 Å². The molecule has 1 atom stereocenters. The number of carbonyl (C=O) groups excluding carboxylic acids is 1. The van der Waals surface area contributed by atoms with E-state index in [1.807, 2.05) is 42.5 Å². The molecule has 0 spiro atoms. The molecular formula is C30H24ClN3O5S. The van der Waals surface area contributed by atoms with Crippen LogP contribution >= 0.6 is 23.4 Å². The normalized spacial score (nSPS) is 11.3. The second-order valence-electron chi connectivity index (χ2n) is 8.50. The molecule has 4 rings (SSSR count). The van der Waals surface area contributed by atoms with Crippen molar-refractivity contribution in [3.8, 4) is 40.0 Å². The minimum Gasteiger partial charge on any atom is -0.493 e. The summed E-state index contributed by atoms with van der Waals surface area (Å²) in [4.78, 5) is 29.3. The fourth-order valence-electron chi connectivity index (χ4n) is 3.99. The van der Waals surface area contributed by atoms with Crippen molar-refractivity contribution in [3.05, 3.63) is 88.9 Å². The quantitative estimate of drug-likeness (QED) is 0.210. The highest BCUT2D eigenvalue weighted by Gasteiger charge is 2.24. The third-order valence-electron chi connectivity index (χ3n) is 5.99. The Morgan fingerprint density at radius 1 is 1.02 bits per heavy atom. The summed E-state index contributed by atoms with van der Waals surface area (Å²) in [6.45, 7) is 1.67. The first kappa shape index (κ1) is 28.5. The summed E-state index contributed by atoms with van der Waals surface area (Å²) in [5.41, 5.74) is 3.06. The minimum absolute atomic E-state index is 0.0131. The number of hydrogen-bond donors (Lipinski definition) is 2. The van der Waals surface area contributed by atoms with Crippen LogP contribution in [0.1, 0.15) is 22.8 Å². The van der Waals surface area contributed by atoms with Crippen LogP contribution in [-0.2, 0) is 4.79 Å². The maximum atomic E-state index is 13.2. The summed E-state index contributed by atoms with van der Waals surface area (Å²) < 4.78 is 11.1. The Morgan fingerprint density at radius 2 is 1.77 bits per heavy atom. The molecule has 0 bridgehead atoms. The fourth-order valence-corrected chi connectivity index (χ4v) is 5.08. The Hall–Kier alpha value is -4.52. The van der Waals surface area contributed by atoms with Gasteiger partial charge in [0.1, 0.15) is 11.1 Å². The van der Waals surface area contributed by atoms with E-state index in [0.717, 1.165) is 17.3 Å². The molecule has 1 amide bonds. The summed E-state index contributed by atoms with van der Waals surface area (Å²) >= 11 is 7.30. The van der Waals surface area contributed by atoms with Gasteiger partial charge in [-0.1, -0.05) is 65.8 Å². The first-order valence-electron chi connectivity index (χ1n) is 12.0. The number of nitrogens with zero attached hydrogens (tertiary/aromatic N) is 2. The van der Waals surface area contributed by atoms with Gasteiger partial charge in [0.2, 0.25) is 5.91 Å². The van der Waals surface area contributed by atoms with Gasteiger partial charge in [0, 0.05) is 16.7 Å². The van der Waals surface area contributed by atoms with Gasteiger partial charge in [0.05, 0.1) is 47.0 Å². The first-order valence-corrected chi connectivity index (χ1v) is 13.2. The van der Waals surface area contributed by atoms with Crippen LogP contribution in [0.25, 0.3) is 22.4 Å². The predicted molar refractivity (Wildman–Crippen MR) is 155 cm³/mol. The Labute approximate surface area is 240 Å². The van der Waals surface area contributed by atoms with Gasteiger partial charge < -0.3 is 19.9 Å². The number of anilines is 1. The van der Waals surface area contributed by atoms with Crippen LogP contribution in [0, 0.1) is 11.3 Å². The summed E-state index contributed by atoms with van der Waals surface area (Å²) in [6.07, 6.45) is 0. The van der Waals surface area contributed by atoms with E-state index in [9.17, 15) is 20.0 Å². The SMILES string of the molecule is COc1cccc(-c2cc(-c3ccccc3)nc(SC(C)C(=O)Nc3cc(C(=O)O)ccc3Cl)c2C#N)c1OC. The molecule has 8 nitrogen and oxygen atoms in total. The maximum Gasteiger partial charge on any atom is 0.335 e. The number of carboxylic acid groups (broad SMARTS) is 1. The number of nitriles is 1. The molecule has 0 radical (unpaired) electrons. The van der Waals surface area contributed by atoms with Crippen molar-refractivity contribution in [2.75, 3.05) is 19.5 Å². The Kier molecular flexibility index (Phi) is 8.94. The van der Waals surface area contributed by atoms with Crippen LogP contribution in [0.4, 0.5) is 5.69 Å². The number of aromatic carboxylic acids is 1. The number of carbonyl (C=O) groups is 2. The standard InChI is InChI=1S/C30H24ClN3O5S/c1-17(28(35)33-25-14-19(30(36)37)12-13-23(25)31)40-29-22(16-32)21(15-24(34-29)18-8-5-4-6-9-18)20-10-7-11-26(38-2)27(20)39-3/h4-15,17H,1-3H3,(H,33,35)(H,36,37). The molecule has 1 aromatic heterocycles. The fraction of sp³-hybridized carbons (Fsp3) is 0.133. The first-order chi connectivity index (χ1) is 19.3. The lowest BCUT2D eigenvalue weighted by atomic mass is 9.98. The van der Waals surface area contributed by atoms with E-state index < -0.39 is 17.1 Å². The average molecular weight is 574 g/mol. The van der Waals surface area contributed by atoms with Crippen molar-refractivity contribution in [1.82, 2.24) is 4.98 Å². The van der Waals surface area contributed by atoms with Gasteiger partial charge in [0.25, 0.3) is 0 Å². The zero-order chi connectivity index (χ0) is 28.8. The number of halogens is 1. The lowest BCUT2D eigenvalue weighted by Crippen LogP contribution is -2.23. The zero-order valence-electron chi connectivity index (χ0n) is 21.8. The largest absolute Gasteiger partial charge is 0.493 e. The summed E-state index contributed by atoms with van der Waals surface area (Å²) in [7, 11) is 3.06. The molecule has 0 aliphatic rings. The number of rotatable bonds is 9. The second-order valence-corrected chi connectivity index (χ2v) is 10.2. The topological polar surface area (TPSA) is 122 Å². The van der Waals surface area contributed by atoms with Gasteiger partial charge in [-0.05, 0) is 37.3 Å². The molecule has 0 aliphatic carbocycles. The van der Waals surface area contributed by atoms with E-state index in [4.69, 9.17) is 26.1 Å². The monoisotopic (exact) mass is 573 g/mol. The molecule has 202 valence electrons. The molecule has 0 saturated carbocycles. The van der Waals surface area contributed by atoms with Gasteiger partial charge in [-0.15, -0.1) is 0 Å². The van der Waals surface area contributed by atoms with Crippen molar-refractivity contribution in [2.45, 2.75) is 17.2 Å². The van der Waals surface area contributed by atoms with E-state index in [1.165, 1.54) is 32.4 Å². The van der Waals surface area contributed by atoms with Crippen LogP contribution < -0.4 is 14.8 Å². The van der Waals surface area contributed by atoms with E-state index in [2.05, 4.69) is 11.4 Å². The van der Waals surface area contributed by atoms with Crippen LogP contribution in [0.2, 0.25) is 5.02 Å². The number of carboxylic acids is 1. The molecule has 4 aromatic rings. The van der Waals surface area contributed by atoms with Gasteiger partial charge in [0.15, 0.2) is 11.5 Å². The minimum atomic E-state index is -1.14. The Morgan fingerprint density at radius 3 is 2.42 bits per heavy atom. The van der Waals surface area contributed by atoms with Crippen LogP contribution in [0.5, 0.6) is 11.5 Å². The molecular weight excluding hydrogens is 550 g/mol. The van der Waals surface area contributed by atoms with Crippen LogP contribution in [0.3, 0.4) is 0 Å². The molecule has 0 aliphatic heterocycles. The smallest absolute Gasteiger partial charge is 0.335 e. The number of nitrogens with one attached hydrogen (secondary N) is 1. The van der Waals surface area contributed by atoms with Crippen molar-refractivity contribution in [1.29, 1.82) is 5.26 Å². The summed E-state index contributed by atoms with van der Waals surface area (Å²) in [5, 5.41) is 22.1. The highest BCUT2D eigenvalue weighted by molar-refractivity contribution is 8.00. The number of methoxy groups -OCH3 is 2. The molecule has 0 fully saturated rings. The third kappa shape index (κ3) is 6.04.